The Kier molecular flexibility index (Phi) is 13.7. The molecule has 1 aliphatic heterocycles. The fourth-order valence-corrected chi connectivity index (χ4v) is 6.31. The van der Waals surface area contributed by atoms with Crippen LogP contribution in [0.2, 0.25) is 0 Å². The van der Waals surface area contributed by atoms with Crippen molar-refractivity contribution in [3.63, 3.8) is 0 Å². The van der Waals surface area contributed by atoms with Crippen molar-refractivity contribution in [2.45, 2.75) is 52.2 Å². The van der Waals surface area contributed by atoms with Gasteiger partial charge in [-0.3, -0.25) is 18.7 Å². The molecule has 47 heavy (non-hydrogen) atoms. The Morgan fingerprint density at radius 3 is 2.19 bits per heavy atom. The minimum Gasteiger partial charge on any atom is -0.478 e. The Hall–Kier alpha value is -4.05. The Bertz CT molecular complexity index is 1500. The number of carboxylic acids is 1. The van der Waals surface area contributed by atoms with Gasteiger partial charge in [0.05, 0.1) is 30.5 Å². The number of morpholine rings is 1. The van der Waals surface area contributed by atoms with E-state index in [4.69, 9.17) is 4.74 Å². The maximum atomic E-state index is 13.6. The quantitative estimate of drug-likeness (QED) is 0.173. The van der Waals surface area contributed by atoms with Gasteiger partial charge in [0.2, 0.25) is 11.8 Å². The van der Waals surface area contributed by atoms with Crippen LogP contribution >= 0.6 is 0 Å². The first-order valence-electron chi connectivity index (χ1n) is 15.6. The molecule has 3 atom stereocenters. The maximum Gasteiger partial charge on any atom is 0.335 e. The first-order chi connectivity index (χ1) is 22.2. The van der Waals surface area contributed by atoms with Crippen molar-refractivity contribution in [2.24, 2.45) is 5.92 Å². The molecule has 3 amide bonds. The van der Waals surface area contributed by atoms with Crippen molar-refractivity contribution in [2.75, 3.05) is 50.7 Å². The van der Waals surface area contributed by atoms with Crippen LogP contribution in [0.4, 0.5) is 5.69 Å². The van der Waals surface area contributed by atoms with Gasteiger partial charge in [0.25, 0.3) is 5.91 Å². The van der Waals surface area contributed by atoms with Gasteiger partial charge in [-0.1, -0.05) is 44.2 Å². The number of aromatic carboxylic acids is 1. The van der Waals surface area contributed by atoms with Crippen LogP contribution in [0.25, 0.3) is 0 Å². The zero-order valence-electron chi connectivity index (χ0n) is 27.5. The average Bonchev–Trinajstić information content (AvgIpc) is 3.05. The van der Waals surface area contributed by atoms with Crippen molar-refractivity contribution in [1.82, 2.24) is 25.6 Å². The molecule has 258 valence electrons. The average molecular weight is 675 g/mol. The number of carboxylic acid groups (broad SMARTS) is 1. The molecule has 3 rings (SSSR count). The molecule has 5 N–H and O–H groups in total. The Labute approximate surface area is 276 Å². The van der Waals surface area contributed by atoms with Gasteiger partial charge in [-0.15, -0.1) is 0 Å². The molecule has 2 aromatic rings. The Morgan fingerprint density at radius 1 is 0.957 bits per heavy atom. The van der Waals surface area contributed by atoms with Gasteiger partial charge in [-0.05, 0) is 49.9 Å². The van der Waals surface area contributed by atoms with E-state index in [1.165, 1.54) is 29.6 Å². The summed E-state index contributed by atoms with van der Waals surface area (Å²) in [6.07, 6.45) is 0.373. The molecule has 0 saturated carbocycles. The second-order valence-corrected chi connectivity index (χ2v) is 13.6. The summed E-state index contributed by atoms with van der Waals surface area (Å²) in [5, 5.41) is 21.4. The number of carbonyl (C=O) groups is 4. The molecule has 0 radical (unpaired) electrons. The molecular formula is C32H46N6O8S. The van der Waals surface area contributed by atoms with Crippen molar-refractivity contribution in [3.8, 4) is 0 Å². The lowest BCUT2D eigenvalue weighted by Crippen LogP contribution is -2.55. The predicted molar refractivity (Wildman–Crippen MR) is 177 cm³/mol. The van der Waals surface area contributed by atoms with E-state index in [1.807, 2.05) is 44.2 Å². The number of amides is 3. The van der Waals surface area contributed by atoms with E-state index in [9.17, 15) is 32.7 Å². The third kappa shape index (κ3) is 10.5. The molecule has 0 spiro atoms. The largest absolute Gasteiger partial charge is 0.478 e. The predicted octanol–water partition coefficient (Wildman–Crippen LogP) is 0.994. The highest BCUT2D eigenvalue weighted by Gasteiger charge is 2.30. The van der Waals surface area contributed by atoms with Crippen molar-refractivity contribution < 1.29 is 37.4 Å². The molecule has 0 aliphatic carbocycles. The number of nitrogens with zero attached hydrogens (tertiary/aromatic N) is 2. The van der Waals surface area contributed by atoms with Gasteiger partial charge in [-0.25, -0.2) is 4.79 Å². The van der Waals surface area contributed by atoms with Crippen LogP contribution in [-0.2, 0) is 31.0 Å². The number of anilines is 1. The molecule has 2 aromatic carbocycles. The van der Waals surface area contributed by atoms with E-state index in [1.54, 1.807) is 13.8 Å². The highest BCUT2D eigenvalue weighted by atomic mass is 32.2. The van der Waals surface area contributed by atoms with Gasteiger partial charge in [-0.2, -0.15) is 12.7 Å². The SMILES string of the molecule is CCNC(=O)[C@@H](NC(=O)[C@H](C)NC[C@H](Cc1ccccc1)NC(=O)c1cc(C(=O)O)cc(N(C)S(=O)(=O)N2CCOCC2)c1)C(C)C. The van der Waals surface area contributed by atoms with Gasteiger partial charge in [0.15, 0.2) is 0 Å². The van der Waals surface area contributed by atoms with Crippen LogP contribution in [-0.4, -0.2) is 106 Å². The summed E-state index contributed by atoms with van der Waals surface area (Å²) in [6.45, 7) is 8.48. The lowest BCUT2D eigenvalue weighted by Gasteiger charge is -2.31. The Balaban J connectivity index is 1.82. The van der Waals surface area contributed by atoms with Crippen molar-refractivity contribution in [1.29, 1.82) is 0 Å². The van der Waals surface area contributed by atoms with E-state index in [-0.39, 0.29) is 67.4 Å². The summed E-state index contributed by atoms with van der Waals surface area (Å²) in [6, 6.07) is 11.1. The molecule has 1 aliphatic rings. The van der Waals surface area contributed by atoms with Gasteiger partial charge in [0.1, 0.15) is 6.04 Å². The zero-order valence-corrected chi connectivity index (χ0v) is 28.3. The first kappa shape index (κ1) is 37.4. The smallest absolute Gasteiger partial charge is 0.335 e. The first-order valence-corrected chi connectivity index (χ1v) is 17.0. The molecule has 14 nitrogen and oxygen atoms in total. The van der Waals surface area contributed by atoms with Gasteiger partial charge < -0.3 is 31.1 Å². The van der Waals surface area contributed by atoms with Crippen LogP contribution in [0.5, 0.6) is 0 Å². The monoisotopic (exact) mass is 674 g/mol. The van der Waals surface area contributed by atoms with Crippen LogP contribution < -0.4 is 25.6 Å². The highest BCUT2D eigenvalue weighted by molar-refractivity contribution is 7.90. The summed E-state index contributed by atoms with van der Waals surface area (Å²) in [5.74, 6) is -2.75. The molecule has 15 heteroatoms. The number of rotatable bonds is 16. The summed E-state index contributed by atoms with van der Waals surface area (Å²) in [5.41, 5.74) is 0.613. The summed E-state index contributed by atoms with van der Waals surface area (Å²) in [4.78, 5) is 51.1. The highest BCUT2D eigenvalue weighted by Crippen LogP contribution is 2.23. The fraction of sp³-hybridized carbons (Fsp3) is 0.500. The topological polar surface area (TPSA) is 186 Å². The summed E-state index contributed by atoms with van der Waals surface area (Å²) >= 11 is 0. The minimum atomic E-state index is -4.02. The number of ether oxygens (including phenoxy) is 1. The lowest BCUT2D eigenvalue weighted by molar-refractivity contribution is -0.130. The van der Waals surface area contributed by atoms with E-state index < -0.39 is 40.2 Å². The van der Waals surface area contributed by atoms with E-state index in [0.717, 1.165) is 9.87 Å². The third-order valence-electron chi connectivity index (χ3n) is 7.75. The molecule has 1 saturated heterocycles. The standard InChI is InChI=1S/C32H46N6O8S/c1-6-33-31(41)28(21(2)3)36-29(39)22(4)34-20-26(16-23-10-8-7-9-11-23)35-30(40)24-17-25(32(42)43)19-27(18-24)37(5)47(44,45)38-12-14-46-15-13-38/h7-11,17-19,21-22,26,28,34H,6,12-16,20H2,1-5H3,(H,33,41)(H,35,40)(H,36,39)(H,42,43)/t22-,26-,28-/m0/s1. The molecule has 1 fully saturated rings. The van der Waals surface area contributed by atoms with Crippen LogP contribution in [0.3, 0.4) is 0 Å². The van der Waals surface area contributed by atoms with Crippen molar-refractivity contribution >= 4 is 39.6 Å². The minimum absolute atomic E-state index is 0.0105. The van der Waals surface area contributed by atoms with Crippen molar-refractivity contribution in [3.05, 3.63) is 65.2 Å². The normalized spacial score (nSPS) is 15.7. The lowest BCUT2D eigenvalue weighted by atomic mass is 10.0. The van der Waals surface area contributed by atoms with E-state index >= 15 is 0 Å². The molecule has 0 unspecified atom stereocenters. The molecular weight excluding hydrogens is 628 g/mol. The number of hydrogen-bond acceptors (Lipinski definition) is 8. The van der Waals surface area contributed by atoms with Crippen LogP contribution in [0.1, 0.15) is 54.0 Å². The van der Waals surface area contributed by atoms with E-state index in [2.05, 4.69) is 21.3 Å². The number of nitrogens with one attached hydrogen (secondary N) is 4. The summed E-state index contributed by atoms with van der Waals surface area (Å²) in [7, 11) is -2.72. The third-order valence-corrected chi connectivity index (χ3v) is 9.68. The molecule has 1 heterocycles. The molecule has 0 aromatic heterocycles. The van der Waals surface area contributed by atoms with E-state index in [0.29, 0.717) is 13.0 Å². The van der Waals surface area contributed by atoms with Gasteiger partial charge in [0, 0.05) is 44.8 Å². The second-order valence-electron chi connectivity index (χ2n) is 11.7. The number of carbonyl (C=O) groups excluding carboxylic acids is 3. The van der Waals surface area contributed by atoms with Gasteiger partial charge >= 0.3 is 16.2 Å². The number of benzene rings is 2. The number of hydrogen-bond donors (Lipinski definition) is 5. The second kappa shape index (κ2) is 17.2. The Morgan fingerprint density at radius 2 is 1.60 bits per heavy atom. The van der Waals surface area contributed by atoms with Crippen LogP contribution in [0, 0.1) is 5.92 Å². The van der Waals surface area contributed by atoms with Crippen LogP contribution in [0.15, 0.2) is 48.5 Å². The molecule has 0 bridgehead atoms. The number of likely N-dealkylation sites (N-methyl/N-ethyl adjacent to an activating group) is 1. The summed E-state index contributed by atoms with van der Waals surface area (Å²) < 4.78 is 34.0. The maximum absolute atomic E-state index is 13.6. The zero-order chi connectivity index (χ0) is 34.7. The fourth-order valence-electron chi connectivity index (χ4n) is 4.98.